The van der Waals surface area contributed by atoms with Crippen LogP contribution in [0.15, 0.2) is 18.2 Å². The summed E-state index contributed by atoms with van der Waals surface area (Å²) < 4.78 is 38.7. The Labute approximate surface area is 180 Å². The highest BCUT2D eigenvalue weighted by atomic mass is 19.4. The monoisotopic (exact) mass is 441 g/mol. The molecule has 1 aromatic rings. The lowest BCUT2D eigenvalue weighted by Crippen LogP contribution is -2.44. The van der Waals surface area contributed by atoms with Crippen LogP contribution in [0.1, 0.15) is 48.8 Å². The van der Waals surface area contributed by atoms with Crippen LogP contribution >= 0.6 is 0 Å². The Kier molecular flexibility index (Phi) is 8.88. The fraction of sp³-hybridized carbons (Fsp3) is 0.591. The molecule has 0 radical (unpaired) electrons. The molecule has 1 N–H and O–H groups in total. The van der Waals surface area contributed by atoms with Gasteiger partial charge in [-0.05, 0) is 42.5 Å². The summed E-state index contributed by atoms with van der Waals surface area (Å²) in [4.78, 5) is 38.2. The SMILES string of the molecule is C1CC1.CNC(=O)C(CCC(=O)N1CCc2ccc(C(F)(F)F)cc2CC1)N(C)C=O. The van der Waals surface area contributed by atoms with Crippen LogP contribution in [0.4, 0.5) is 13.2 Å². The van der Waals surface area contributed by atoms with Crippen LogP contribution in [0.25, 0.3) is 0 Å². The minimum absolute atomic E-state index is 0.0699. The molecular formula is C22H30F3N3O3. The molecule has 31 heavy (non-hydrogen) atoms. The van der Waals surface area contributed by atoms with Crippen LogP contribution in [-0.2, 0) is 33.4 Å². The van der Waals surface area contributed by atoms with Crippen molar-refractivity contribution >= 4 is 18.2 Å². The molecule has 1 unspecified atom stereocenters. The lowest BCUT2D eigenvalue weighted by Gasteiger charge is -2.25. The normalized spacial score (nSPS) is 16.1. The van der Waals surface area contributed by atoms with Gasteiger partial charge in [0.1, 0.15) is 6.04 Å². The zero-order valence-electron chi connectivity index (χ0n) is 18.0. The summed E-state index contributed by atoms with van der Waals surface area (Å²) >= 11 is 0. The Bertz CT molecular complexity index is 778. The van der Waals surface area contributed by atoms with Crippen LogP contribution < -0.4 is 5.32 Å². The van der Waals surface area contributed by atoms with Crippen molar-refractivity contribution in [1.29, 1.82) is 0 Å². The van der Waals surface area contributed by atoms with Gasteiger partial charge in [-0.2, -0.15) is 13.2 Å². The van der Waals surface area contributed by atoms with Gasteiger partial charge in [-0.3, -0.25) is 14.4 Å². The van der Waals surface area contributed by atoms with Crippen LogP contribution in [-0.4, -0.2) is 61.3 Å². The summed E-state index contributed by atoms with van der Waals surface area (Å²) in [6, 6.07) is 2.96. The van der Waals surface area contributed by atoms with E-state index in [0.29, 0.717) is 37.9 Å². The Balaban J connectivity index is 0.00000104. The van der Waals surface area contributed by atoms with Gasteiger partial charge in [-0.15, -0.1) is 0 Å². The Hall–Kier alpha value is -2.58. The first-order valence-corrected chi connectivity index (χ1v) is 10.5. The summed E-state index contributed by atoms with van der Waals surface area (Å²) in [6.07, 6.45) is 1.71. The molecule has 1 aliphatic heterocycles. The van der Waals surface area contributed by atoms with Crippen LogP contribution in [0.3, 0.4) is 0 Å². The van der Waals surface area contributed by atoms with Gasteiger partial charge in [-0.25, -0.2) is 0 Å². The number of amides is 3. The van der Waals surface area contributed by atoms with Crippen molar-refractivity contribution in [3.63, 3.8) is 0 Å². The first kappa shape index (κ1) is 24.7. The third-order valence-corrected chi connectivity index (χ3v) is 5.38. The van der Waals surface area contributed by atoms with Gasteiger partial charge in [-0.1, -0.05) is 25.3 Å². The highest BCUT2D eigenvalue weighted by Gasteiger charge is 2.31. The third-order valence-electron chi connectivity index (χ3n) is 5.38. The molecule has 1 aromatic carbocycles. The molecule has 1 aliphatic carbocycles. The van der Waals surface area contributed by atoms with Crippen LogP contribution in [0, 0.1) is 0 Å². The summed E-state index contributed by atoms with van der Waals surface area (Å²) in [5.74, 6) is -0.539. The zero-order valence-corrected chi connectivity index (χ0v) is 18.0. The van der Waals surface area contributed by atoms with Gasteiger partial charge in [0.15, 0.2) is 0 Å². The first-order valence-electron chi connectivity index (χ1n) is 10.5. The fourth-order valence-corrected chi connectivity index (χ4v) is 3.33. The molecule has 1 fully saturated rings. The second-order valence-corrected chi connectivity index (χ2v) is 7.86. The fourth-order valence-electron chi connectivity index (χ4n) is 3.33. The number of carbonyl (C=O) groups excluding carboxylic acids is 3. The molecule has 1 heterocycles. The van der Waals surface area contributed by atoms with Crippen LogP contribution in [0.5, 0.6) is 0 Å². The third kappa shape index (κ3) is 7.56. The summed E-state index contributed by atoms with van der Waals surface area (Å²) in [5.41, 5.74) is 0.734. The van der Waals surface area contributed by atoms with E-state index in [1.54, 1.807) is 4.90 Å². The van der Waals surface area contributed by atoms with E-state index in [4.69, 9.17) is 0 Å². The molecule has 0 saturated heterocycles. The number of likely N-dealkylation sites (N-methyl/N-ethyl adjacent to an activating group) is 2. The van der Waals surface area contributed by atoms with Gasteiger partial charge in [0.25, 0.3) is 0 Å². The van der Waals surface area contributed by atoms with E-state index >= 15 is 0 Å². The Morgan fingerprint density at radius 3 is 2.29 bits per heavy atom. The number of hydrogen-bond acceptors (Lipinski definition) is 3. The van der Waals surface area contributed by atoms with Gasteiger partial charge in [0.05, 0.1) is 5.56 Å². The maximum Gasteiger partial charge on any atom is 0.416 e. The van der Waals surface area contributed by atoms with E-state index in [9.17, 15) is 27.6 Å². The number of nitrogens with zero attached hydrogens (tertiary/aromatic N) is 2. The number of benzene rings is 1. The number of hydrogen-bond donors (Lipinski definition) is 1. The van der Waals surface area contributed by atoms with E-state index in [1.807, 2.05) is 0 Å². The molecule has 2 aliphatic rings. The average molecular weight is 441 g/mol. The zero-order chi connectivity index (χ0) is 23.0. The van der Waals surface area contributed by atoms with Crippen molar-refractivity contribution in [3.8, 4) is 0 Å². The lowest BCUT2D eigenvalue weighted by atomic mass is 10.00. The number of fused-ring (bicyclic) bond motifs is 1. The quantitative estimate of drug-likeness (QED) is 0.691. The maximum atomic E-state index is 12.9. The van der Waals surface area contributed by atoms with Crippen molar-refractivity contribution in [2.24, 2.45) is 0 Å². The number of alkyl halides is 3. The van der Waals surface area contributed by atoms with Crippen molar-refractivity contribution < 1.29 is 27.6 Å². The van der Waals surface area contributed by atoms with Crippen molar-refractivity contribution in [2.45, 2.75) is 57.2 Å². The predicted octanol–water partition coefficient (Wildman–Crippen LogP) is 2.79. The Morgan fingerprint density at radius 1 is 1.16 bits per heavy atom. The molecule has 3 amide bonds. The van der Waals surface area contributed by atoms with Crippen molar-refractivity contribution in [3.05, 3.63) is 34.9 Å². The second-order valence-electron chi connectivity index (χ2n) is 7.86. The number of halogens is 3. The van der Waals surface area contributed by atoms with Crippen LogP contribution in [0.2, 0.25) is 0 Å². The topological polar surface area (TPSA) is 69.7 Å². The predicted molar refractivity (Wildman–Crippen MR) is 110 cm³/mol. The van der Waals surface area contributed by atoms with Gasteiger partial charge >= 0.3 is 6.18 Å². The molecule has 0 spiro atoms. The summed E-state index contributed by atoms with van der Waals surface area (Å²) in [5, 5.41) is 2.47. The molecule has 1 saturated carbocycles. The molecule has 9 heteroatoms. The number of rotatable bonds is 6. The van der Waals surface area contributed by atoms with Crippen molar-refractivity contribution in [2.75, 3.05) is 27.2 Å². The molecule has 3 rings (SSSR count). The molecule has 0 bridgehead atoms. The average Bonchev–Trinajstić information content (AvgIpc) is 3.62. The van der Waals surface area contributed by atoms with E-state index < -0.39 is 17.8 Å². The number of nitrogens with one attached hydrogen (secondary N) is 1. The van der Waals surface area contributed by atoms with E-state index in [-0.39, 0.29) is 24.7 Å². The van der Waals surface area contributed by atoms with Gasteiger partial charge < -0.3 is 15.1 Å². The van der Waals surface area contributed by atoms with Crippen molar-refractivity contribution in [1.82, 2.24) is 15.1 Å². The summed E-state index contributed by atoms with van der Waals surface area (Å²) in [6.45, 7) is 0.729. The smallest absolute Gasteiger partial charge is 0.357 e. The minimum atomic E-state index is -4.39. The van der Waals surface area contributed by atoms with E-state index in [1.165, 1.54) is 44.3 Å². The van der Waals surface area contributed by atoms with Gasteiger partial charge in [0.2, 0.25) is 18.2 Å². The minimum Gasteiger partial charge on any atom is -0.357 e. The summed E-state index contributed by atoms with van der Waals surface area (Å²) in [7, 11) is 2.93. The maximum absolute atomic E-state index is 12.9. The van der Waals surface area contributed by atoms with E-state index in [2.05, 4.69) is 5.32 Å². The first-order chi connectivity index (χ1) is 14.7. The molecule has 1 atom stereocenters. The molecule has 0 aromatic heterocycles. The highest BCUT2D eigenvalue weighted by Crippen LogP contribution is 2.31. The highest BCUT2D eigenvalue weighted by molar-refractivity contribution is 5.84. The largest absolute Gasteiger partial charge is 0.416 e. The molecular weight excluding hydrogens is 411 g/mol. The second kappa shape index (κ2) is 11.2. The Morgan fingerprint density at radius 2 is 1.77 bits per heavy atom. The molecule has 172 valence electrons. The van der Waals surface area contributed by atoms with E-state index in [0.717, 1.165) is 17.7 Å². The lowest BCUT2D eigenvalue weighted by molar-refractivity contribution is -0.137. The standard InChI is InChI=1S/C19H24F3N3O3.C3H6/c1-23-18(28)16(24(2)12-26)5-6-17(27)25-9-7-13-3-4-15(19(20,21)22)11-14(13)8-10-25;1-2-3-1/h3-4,11-12,16H,5-10H2,1-2H3,(H,23,28);1-3H2. The number of carbonyl (C=O) groups is 3. The van der Waals surface area contributed by atoms with Gasteiger partial charge in [0, 0.05) is 33.6 Å². The molecule has 6 nitrogen and oxygen atoms in total.